The quantitative estimate of drug-likeness (QED) is 0.663. The second kappa shape index (κ2) is 4.68. The Balaban J connectivity index is 1.97. The second-order valence-electron chi connectivity index (χ2n) is 4.48. The Kier molecular flexibility index (Phi) is 3.28. The highest BCUT2D eigenvalue weighted by molar-refractivity contribution is 5.25. The van der Waals surface area contributed by atoms with Crippen molar-refractivity contribution < 1.29 is 4.74 Å². The molecule has 0 N–H and O–H groups in total. The molecule has 0 saturated heterocycles. The molecule has 0 fully saturated rings. The predicted octanol–water partition coefficient (Wildman–Crippen LogP) is 3.67. The molecule has 0 spiro atoms. The van der Waals surface area contributed by atoms with Crippen molar-refractivity contribution in [2.75, 3.05) is 6.61 Å². The molecule has 1 nitrogen and oxygen atoms in total. The Morgan fingerprint density at radius 2 is 2.36 bits per heavy atom. The Labute approximate surface area is 86.8 Å². The van der Waals surface area contributed by atoms with E-state index < -0.39 is 0 Å². The fraction of sp³-hybridized carbons (Fsp3) is 0.692. The summed E-state index contributed by atoms with van der Waals surface area (Å²) in [5.41, 5.74) is 1.53. The fourth-order valence-electron chi connectivity index (χ4n) is 2.44. The van der Waals surface area contributed by atoms with Crippen molar-refractivity contribution in [1.29, 1.82) is 0 Å². The Hall–Kier alpha value is -0.720. The van der Waals surface area contributed by atoms with Crippen molar-refractivity contribution in [3.05, 3.63) is 24.0 Å². The Morgan fingerprint density at radius 1 is 1.43 bits per heavy atom. The van der Waals surface area contributed by atoms with Crippen LogP contribution in [-0.4, -0.2) is 6.61 Å². The minimum Gasteiger partial charge on any atom is -0.501 e. The summed E-state index contributed by atoms with van der Waals surface area (Å²) in [6.07, 6.45) is 13.3. The van der Waals surface area contributed by atoms with E-state index in [0.29, 0.717) is 5.92 Å². The van der Waals surface area contributed by atoms with Crippen LogP contribution in [0.25, 0.3) is 0 Å². The molecule has 0 radical (unpaired) electrons. The zero-order valence-corrected chi connectivity index (χ0v) is 9.04. The van der Waals surface area contributed by atoms with Crippen LogP contribution in [0, 0.1) is 11.8 Å². The molecule has 0 saturated carbocycles. The lowest BCUT2D eigenvalue weighted by Crippen LogP contribution is -2.19. The van der Waals surface area contributed by atoms with E-state index in [1.54, 1.807) is 0 Å². The monoisotopic (exact) mass is 192 g/mol. The van der Waals surface area contributed by atoms with Gasteiger partial charge >= 0.3 is 0 Å². The van der Waals surface area contributed by atoms with Crippen molar-refractivity contribution in [3.63, 3.8) is 0 Å². The lowest BCUT2D eigenvalue weighted by Gasteiger charge is -2.29. The first kappa shape index (κ1) is 9.82. The first-order valence-electron chi connectivity index (χ1n) is 5.90. The van der Waals surface area contributed by atoms with E-state index in [1.165, 1.54) is 37.7 Å². The summed E-state index contributed by atoms with van der Waals surface area (Å²) in [6.45, 7) is 3.18. The molecule has 2 atom stereocenters. The van der Waals surface area contributed by atoms with E-state index in [1.807, 2.05) is 6.26 Å². The zero-order valence-electron chi connectivity index (χ0n) is 9.04. The lowest BCUT2D eigenvalue weighted by molar-refractivity contribution is 0.184. The van der Waals surface area contributed by atoms with Crippen LogP contribution < -0.4 is 0 Å². The molecule has 1 aliphatic carbocycles. The van der Waals surface area contributed by atoms with Crippen molar-refractivity contribution >= 4 is 0 Å². The molecular formula is C13H20O. The number of hydrogen-bond acceptors (Lipinski definition) is 1. The predicted molar refractivity (Wildman–Crippen MR) is 58.9 cm³/mol. The number of hydrogen-bond donors (Lipinski definition) is 0. The van der Waals surface area contributed by atoms with Gasteiger partial charge in [0.1, 0.15) is 0 Å². The maximum atomic E-state index is 5.33. The normalized spacial score (nSPS) is 30.5. The third-order valence-electron chi connectivity index (χ3n) is 3.37. The minimum atomic E-state index is 0.692. The van der Waals surface area contributed by atoms with Gasteiger partial charge in [-0.05, 0) is 36.8 Å². The van der Waals surface area contributed by atoms with E-state index in [0.717, 1.165) is 12.5 Å². The molecule has 2 aliphatic rings. The van der Waals surface area contributed by atoms with Crippen LogP contribution >= 0.6 is 0 Å². The molecule has 1 aliphatic heterocycles. The largest absolute Gasteiger partial charge is 0.501 e. The second-order valence-corrected chi connectivity index (χ2v) is 4.48. The lowest BCUT2D eigenvalue weighted by atomic mass is 9.80. The summed E-state index contributed by atoms with van der Waals surface area (Å²) in [5, 5.41) is 0. The van der Waals surface area contributed by atoms with Gasteiger partial charge in [-0.3, -0.25) is 0 Å². The third-order valence-corrected chi connectivity index (χ3v) is 3.37. The van der Waals surface area contributed by atoms with E-state index in [4.69, 9.17) is 4.74 Å². The minimum absolute atomic E-state index is 0.692. The molecule has 0 aromatic rings. The van der Waals surface area contributed by atoms with Gasteiger partial charge in [0.25, 0.3) is 0 Å². The van der Waals surface area contributed by atoms with Crippen LogP contribution in [0.3, 0.4) is 0 Å². The van der Waals surface area contributed by atoms with Gasteiger partial charge < -0.3 is 4.74 Å². The Bertz CT molecular complexity index is 240. The first-order valence-corrected chi connectivity index (χ1v) is 5.90. The molecule has 0 aromatic carbocycles. The topological polar surface area (TPSA) is 9.23 Å². The number of fused-ring (bicyclic) bond motifs is 1. The van der Waals surface area contributed by atoms with Crippen molar-refractivity contribution in [2.45, 2.75) is 39.0 Å². The number of rotatable bonds is 3. The van der Waals surface area contributed by atoms with Gasteiger partial charge in [0.15, 0.2) is 0 Å². The number of unbranched alkanes of at least 4 members (excludes halogenated alkanes) is 1. The molecule has 14 heavy (non-hydrogen) atoms. The molecule has 2 rings (SSSR count). The van der Waals surface area contributed by atoms with E-state index in [9.17, 15) is 0 Å². The van der Waals surface area contributed by atoms with Gasteiger partial charge in [-0.1, -0.05) is 25.8 Å². The highest BCUT2D eigenvalue weighted by Crippen LogP contribution is 2.33. The smallest absolute Gasteiger partial charge is 0.0941 e. The van der Waals surface area contributed by atoms with Gasteiger partial charge in [-0.15, -0.1) is 0 Å². The maximum absolute atomic E-state index is 5.33. The summed E-state index contributed by atoms with van der Waals surface area (Å²) in [6, 6.07) is 0. The van der Waals surface area contributed by atoms with Gasteiger partial charge in [0.05, 0.1) is 12.9 Å². The van der Waals surface area contributed by atoms with Crippen LogP contribution in [0.4, 0.5) is 0 Å². The van der Waals surface area contributed by atoms with Crippen LogP contribution in [0.15, 0.2) is 24.0 Å². The number of ether oxygens (including phenoxy) is 1. The van der Waals surface area contributed by atoms with Gasteiger partial charge in [0.2, 0.25) is 0 Å². The van der Waals surface area contributed by atoms with Gasteiger partial charge in [0, 0.05) is 5.92 Å². The van der Waals surface area contributed by atoms with Crippen molar-refractivity contribution in [1.82, 2.24) is 0 Å². The van der Waals surface area contributed by atoms with E-state index >= 15 is 0 Å². The molecule has 0 bridgehead atoms. The van der Waals surface area contributed by atoms with Crippen molar-refractivity contribution in [3.8, 4) is 0 Å². The standard InChI is InChI=1S/C13H20O/c1-2-3-4-11-5-6-13-10-14-8-7-12(13)9-11/h7-9,11,13H,2-6,10H2,1H3. The van der Waals surface area contributed by atoms with Crippen molar-refractivity contribution in [2.24, 2.45) is 11.8 Å². The molecule has 78 valence electrons. The molecule has 1 heterocycles. The number of allylic oxidation sites excluding steroid dienone is 2. The average molecular weight is 192 g/mol. The summed E-state index contributed by atoms with van der Waals surface area (Å²) in [4.78, 5) is 0. The SMILES string of the molecule is CCCCC1C=C2C=COCC2CC1. The summed E-state index contributed by atoms with van der Waals surface area (Å²) < 4.78 is 5.33. The third kappa shape index (κ3) is 2.20. The highest BCUT2D eigenvalue weighted by atomic mass is 16.5. The molecule has 0 aromatic heterocycles. The van der Waals surface area contributed by atoms with E-state index in [2.05, 4.69) is 19.1 Å². The Morgan fingerprint density at radius 3 is 3.21 bits per heavy atom. The molecule has 1 heteroatoms. The van der Waals surface area contributed by atoms with Crippen LogP contribution in [0.5, 0.6) is 0 Å². The van der Waals surface area contributed by atoms with E-state index in [-0.39, 0.29) is 0 Å². The maximum Gasteiger partial charge on any atom is 0.0941 e. The summed E-state index contributed by atoms with van der Waals surface area (Å²) >= 11 is 0. The van der Waals surface area contributed by atoms with Crippen LogP contribution in [-0.2, 0) is 4.74 Å². The summed E-state index contributed by atoms with van der Waals surface area (Å²) in [5.74, 6) is 1.53. The van der Waals surface area contributed by atoms with Crippen LogP contribution in [0.2, 0.25) is 0 Å². The zero-order chi connectivity index (χ0) is 9.80. The molecular weight excluding hydrogens is 172 g/mol. The summed E-state index contributed by atoms with van der Waals surface area (Å²) in [7, 11) is 0. The van der Waals surface area contributed by atoms with Gasteiger partial charge in [-0.25, -0.2) is 0 Å². The van der Waals surface area contributed by atoms with Crippen LogP contribution in [0.1, 0.15) is 39.0 Å². The molecule has 2 unspecified atom stereocenters. The fourth-order valence-corrected chi connectivity index (χ4v) is 2.44. The molecule has 0 amide bonds. The highest BCUT2D eigenvalue weighted by Gasteiger charge is 2.23. The average Bonchev–Trinajstić information content (AvgIpc) is 2.26. The first-order chi connectivity index (χ1) is 6.90. The van der Waals surface area contributed by atoms with Gasteiger partial charge in [-0.2, -0.15) is 0 Å².